The average Bonchev–Trinajstić information content (AvgIpc) is 2.44. The number of carbonyl (C=O) groups excluding carboxylic acids is 2. The van der Waals surface area contributed by atoms with E-state index >= 15 is 0 Å². The predicted octanol–water partition coefficient (Wildman–Crippen LogP) is 1.53. The molecule has 0 aliphatic carbocycles. The fourth-order valence-corrected chi connectivity index (χ4v) is 1.97. The molecule has 3 nitrogen and oxygen atoms in total. The Morgan fingerprint density at radius 2 is 1.80 bits per heavy atom. The molecule has 0 saturated carbocycles. The van der Waals surface area contributed by atoms with Gasteiger partial charge in [-0.15, -0.1) is 0 Å². The van der Waals surface area contributed by atoms with Gasteiger partial charge in [-0.05, 0) is 20.1 Å². The van der Waals surface area contributed by atoms with Gasteiger partial charge in [-0.25, -0.2) is 0 Å². The van der Waals surface area contributed by atoms with Gasteiger partial charge < -0.3 is 0 Å². The number of nitrogens with zero attached hydrogens (tertiary/aromatic N) is 1. The zero-order chi connectivity index (χ0) is 11.3. The number of carbonyl (C=O) groups is 2. The molecule has 0 N–H and O–H groups in total. The molecule has 85 valence electrons. The molecule has 1 heterocycles. The Morgan fingerprint density at radius 1 is 1.33 bits per heavy atom. The molecule has 0 spiro atoms. The molecule has 2 amide bonds. The molecule has 1 saturated heterocycles. The molecule has 15 heavy (non-hydrogen) atoms. The minimum absolute atomic E-state index is 0. The fourth-order valence-electron chi connectivity index (χ4n) is 1.35. The van der Waals surface area contributed by atoms with Crippen molar-refractivity contribution < 1.29 is 9.59 Å². The van der Waals surface area contributed by atoms with Crippen LogP contribution < -0.4 is 0 Å². The first-order valence-corrected chi connectivity index (χ1v) is 6.25. The maximum absolute atomic E-state index is 11.5. The number of hydrogen-bond acceptors (Lipinski definition) is 3. The smallest absolute Gasteiger partial charge is 0.243 e. The third-order valence-electron chi connectivity index (χ3n) is 1.94. The summed E-state index contributed by atoms with van der Waals surface area (Å²) in [7, 11) is 0. The number of rotatable bonds is 2. The molecule has 1 aliphatic rings. The Kier molecular flexibility index (Phi) is 10.1. The van der Waals surface area contributed by atoms with Gasteiger partial charge in [0.05, 0.1) is 5.25 Å². The molecule has 5 heteroatoms. The van der Waals surface area contributed by atoms with Gasteiger partial charge in [-0.3, -0.25) is 14.5 Å². The minimum atomic E-state index is -0.139. The fraction of sp³-hybridized carbons (Fsp3) is 0.800. The summed E-state index contributed by atoms with van der Waals surface area (Å²) in [5.74, 6) is -0.0585. The monoisotopic (exact) mass is 332 g/mol. The van der Waals surface area contributed by atoms with Crippen molar-refractivity contribution >= 4 is 49.4 Å². The van der Waals surface area contributed by atoms with E-state index in [2.05, 4.69) is 0 Å². The first-order chi connectivity index (χ1) is 6.57. The molecule has 0 aromatic rings. The normalized spacial score (nSPS) is 19.9. The van der Waals surface area contributed by atoms with Crippen molar-refractivity contribution in [2.75, 3.05) is 6.26 Å². The van der Waals surface area contributed by atoms with Crippen LogP contribution in [0.15, 0.2) is 0 Å². The van der Waals surface area contributed by atoms with Crippen LogP contribution in [0.25, 0.3) is 0 Å². The van der Waals surface area contributed by atoms with Crippen LogP contribution in [0.2, 0.25) is 0 Å². The van der Waals surface area contributed by atoms with E-state index in [0.29, 0.717) is 6.42 Å². The van der Waals surface area contributed by atoms with Crippen molar-refractivity contribution in [2.45, 2.75) is 45.4 Å². The van der Waals surface area contributed by atoms with E-state index in [1.807, 2.05) is 34.0 Å². The van der Waals surface area contributed by atoms with Crippen molar-refractivity contribution in [3.05, 3.63) is 0 Å². The molecule has 1 atom stereocenters. The molecule has 1 rings (SSSR count). The summed E-state index contributed by atoms with van der Waals surface area (Å²) in [6.07, 6.45) is 2.23. The Labute approximate surface area is 115 Å². The average molecular weight is 332 g/mol. The number of likely N-dealkylation sites (tertiary alicyclic amines) is 1. The summed E-state index contributed by atoms with van der Waals surface area (Å²) >= 11 is 1.45. The largest absolute Gasteiger partial charge is 0.279 e. The van der Waals surface area contributed by atoms with E-state index in [4.69, 9.17) is 0 Å². The quantitative estimate of drug-likeness (QED) is 0.720. The van der Waals surface area contributed by atoms with Crippen molar-refractivity contribution in [1.82, 2.24) is 4.90 Å². The van der Waals surface area contributed by atoms with E-state index in [0.717, 1.165) is 0 Å². The van der Waals surface area contributed by atoms with Crippen LogP contribution in [0, 0.1) is 0 Å². The maximum Gasteiger partial charge on any atom is 0.243 e. The standard InChI is InChI=1S/C8H13NO2S.C2H6.In/c1-5(2)9-7(10)4-6(12-3)8(9)11;1-2;/h5-6H,4H2,1-3H3;1-2H3;. The van der Waals surface area contributed by atoms with Crippen molar-refractivity contribution in [2.24, 2.45) is 0 Å². The number of imide groups is 1. The molecule has 1 aliphatic heterocycles. The van der Waals surface area contributed by atoms with Gasteiger partial charge in [0.15, 0.2) is 0 Å². The van der Waals surface area contributed by atoms with E-state index < -0.39 is 0 Å². The Balaban J connectivity index is 0. The zero-order valence-electron chi connectivity index (χ0n) is 10.1. The maximum atomic E-state index is 11.5. The summed E-state index contributed by atoms with van der Waals surface area (Å²) in [6, 6.07) is 0.00199. The van der Waals surface area contributed by atoms with Crippen LogP contribution in [-0.2, 0) is 9.59 Å². The molecular formula is C10H19InNO2S. The molecule has 1 fully saturated rings. The summed E-state index contributed by atoms with van der Waals surface area (Å²) in [5.41, 5.74) is 0. The Bertz CT molecular complexity index is 221. The number of amides is 2. The molecule has 0 aromatic heterocycles. The Hall–Kier alpha value is 0.360. The first kappa shape index (κ1) is 17.7. The number of hydrogen-bond donors (Lipinski definition) is 0. The van der Waals surface area contributed by atoms with Crippen LogP contribution >= 0.6 is 11.8 Å². The van der Waals surface area contributed by atoms with E-state index in [1.54, 1.807) is 0 Å². The SMILES string of the molecule is CC.CSC1CC(=O)N(C(C)C)C1=O.[In]. The summed E-state index contributed by atoms with van der Waals surface area (Å²) < 4.78 is 0. The van der Waals surface area contributed by atoms with Gasteiger partial charge in [0.25, 0.3) is 0 Å². The number of thioether (sulfide) groups is 1. The van der Waals surface area contributed by atoms with Crippen LogP contribution in [0.1, 0.15) is 34.1 Å². The van der Waals surface area contributed by atoms with Crippen LogP contribution in [0.5, 0.6) is 0 Å². The van der Waals surface area contributed by atoms with Gasteiger partial charge in [0.1, 0.15) is 0 Å². The second-order valence-corrected chi connectivity index (χ2v) is 4.16. The van der Waals surface area contributed by atoms with Gasteiger partial charge >= 0.3 is 0 Å². The van der Waals surface area contributed by atoms with E-state index in [1.165, 1.54) is 16.7 Å². The van der Waals surface area contributed by atoms with Crippen molar-refractivity contribution in [3.8, 4) is 0 Å². The second kappa shape index (κ2) is 8.50. The van der Waals surface area contributed by atoms with Crippen LogP contribution in [-0.4, -0.2) is 60.1 Å². The summed E-state index contributed by atoms with van der Waals surface area (Å²) in [6.45, 7) is 7.72. The van der Waals surface area contributed by atoms with Gasteiger partial charge in [-0.2, -0.15) is 11.8 Å². The third-order valence-corrected chi connectivity index (χ3v) is 2.88. The van der Waals surface area contributed by atoms with E-state index in [-0.39, 0.29) is 48.9 Å². The molecule has 0 aromatic carbocycles. The van der Waals surface area contributed by atoms with Crippen LogP contribution in [0.3, 0.4) is 0 Å². The molecule has 3 radical (unpaired) electrons. The van der Waals surface area contributed by atoms with Gasteiger partial charge in [0, 0.05) is 38.3 Å². The van der Waals surface area contributed by atoms with Crippen molar-refractivity contribution in [1.29, 1.82) is 0 Å². The van der Waals surface area contributed by atoms with Crippen LogP contribution in [0.4, 0.5) is 0 Å². The molecule has 1 unspecified atom stereocenters. The topological polar surface area (TPSA) is 37.4 Å². The Morgan fingerprint density at radius 3 is 2.00 bits per heavy atom. The minimum Gasteiger partial charge on any atom is -0.279 e. The van der Waals surface area contributed by atoms with Gasteiger partial charge in [0.2, 0.25) is 11.8 Å². The van der Waals surface area contributed by atoms with Crippen molar-refractivity contribution in [3.63, 3.8) is 0 Å². The molecule has 0 bridgehead atoms. The predicted molar refractivity (Wildman–Crippen MR) is 66.0 cm³/mol. The summed E-state index contributed by atoms with van der Waals surface area (Å²) in [4.78, 5) is 24.1. The summed E-state index contributed by atoms with van der Waals surface area (Å²) in [5, 5.41) is -0.139. The first-order valence-electron chi connectivity index (χ1n) is 4.96. The van der Waals surface area contributed by atoms with E-state index in [9.17, 15) is 9.59 Å². The van der Waals surface area contributed by atoms with Gasteiger partial charge in [-0.1, -0.05) is 13.8 Å². The third kappa shape index (κ3) is 4.39. The molecular weight excluding hydrogens is 313 g/mol. The zero-order valence-corrected chi connectivity index (χ0v) is 14.2. The second-order valence-electron chi connectivity index (χ2n) is 3.12.